The van der Waals surface area contributed by atoms with Gasteiger partial charge in [0.05, 0.1) is 25.0 Å². The Hall–Kier alpha value is -2.49. The van der Waals surface area contributed by atoms with Gasteiger partial charge in [-0.25, -0.2) is 14.5 Å². The van der Waals surface area contributed by atoms with E-state index in [-0.39, 0.29) is 23.7 Å². The van der Waals surface area contributed by atoms with Gasteiger partial charge >= 0.3 is 12.1 Å². The van der Waals surface area contributed by atoms with Crippen LogP contribution in [-0.2, 0) is 17.5 Å². The van der Waals surface area contributed by atoms with Crippen molar-refractivity contribution >= 4 is 5.97 Å². The first-order valence-electron chi connectivity index (χ1n) is 6.13. The number of ether oxygens (including phenoxy) is 1. The van der Waals surface area contributed by atoms with Crippen molar-refractivity contribution in [2.45, 2.75) is 19.7 Å². The Kier molecular flexibility index (Phi) is 4.40. The van der Waals surface area contributed by atoms with Gasteiger partial charge in [0.15, 0.2) is 5.69 Å². The number of halogens is 3. The first-order valence-corrected chi connectivity index (χ1v) is 6.13. The van der Waals surface area contributed by atoms with Gasteiger partial charge in [-0.1, -0.05) is 5.21 Å². The highest BCUT2D eigenvalue weighted by molar-refractivity contribution is 5.91. The summed E-state index contributed by atoms with van der Waals surface area (Å²) >= 11 is 0. The second kappa shape index (κ2) is 6.10. The van der Waals surface area contributed by atoms with Gasteiger partial charge in [0.1, 0.15) is 11.4 Å². The highest BCUT2D eigenvalue weighted by Crippen LogP contribution is 2.30. The van der Waals surface area contributed by atoms with Crippen LogP contribution in [-0.4, -0.2) is 37.7 Å². The second-order valence-corrected chi connectivity index (χ2v) is 4.12. The number of esters is 1. The van der Waals surface area contributed by atoms with Crippen LogP contribution in [0.5, 0.6) is 0 Å². The Morgan fingerprint density at radius 3 is 2.73 bits per heavy atom. The maximum atomic E-state index is 12.8. The van der Waals surface area contributed by atoms with Crippen molar-refractivity contribution in [1.29, 1.82) is 0 Å². The van der Waals surface area contributed by atoms with E-state index in [0.29, 0.717) is 6.20 Å². The fourth-order valence-electron chi connectivity index (χ4n) is 1.63. The molecule has 0 atom stereocenters. The van der Waals surface area contributed by atoms with E-state index in [1.807, 2.05) is 0 Å². The van der Waals surface area contributed by atoms with Crippen LogP contribution in [0.15, 0.2) is 18.5 Å². The van der Waals surface area contributed by atoms with E-state index in [0.717, 1.165) is 10.7 Å². The maximum absolute atomic E-state index is 12.8. The Labute approximate surface area is 122 Å². The smallest absolute Gasteiger partial charge is 0.417 e. The average Bonchev–Trinajstić information content (AvgIpc) is 2.94. The molecule has 22 heavy (non-hydrogen) atoms. The lowest BCUT2D eigenvalue weighted by molar-refractivity contribution is -0.137. The van der Waals surface area contributed by atoms with Crippen LogP contribution in [0.2, 0.25) is 0 Å². The van der Waals surface area contributed by atoms with Gasteiger partial charge in [0, 0.05) is 6.20 Å². The quantitative estimate of drug-likeness (QED) is 0.856. The molecule has 0 bridgehead atoms. The number of carbonyl (C=O) groups is 1. The van der Waals surface area contributed by atoms with Crippen LogP contribution >= 0.6 is 0 Å². The molecular weight excluding hydrogens is 305 g/mol. The molecule has 2 heterocycles. The van der Waals surface area contributed by atoms with Gasteiger partial charge in [-0.2, -0.15) is 13.2 Å². The third-order valence-electron chi connectivity index (χ3n) is 2.61. The minimum absolute atomic E-state index is 0.0419. The fourth-order valence-corrected chi connectivity index (χ4v) is 1.63. The summed E-state index contributed by atoms with van der Waals surface area (Å²) < 4.78 is 44.1. The lowest BCUT2D eigenvalue weighted by Gasteiger charge is -2.11. The molecule has 0 amide bonds. The number of aliphatic hydroxyl groups is 1. The SMILES string of the molecule is CCOC(=O)c1ncc(C(F)(F)F)cc1-n1cc(CO)nn1. The number of nitrogens with zero attached hydrogens (tertiary/aromatic N) is 4. The molecule has 2 aromatic heterocycles. The number of alkyl halides is 3. The first-order chi connectivity index (χ1) is 10.4. The van der Waals surface area contributed by atoms with Crippen molar-refractivity contribution in [3.63, 3.8) is 0 Å². The van der Waals surface area contributed by atoms with Crippen LogP contribution in [0, 0.1) is 0 Å². The molecule has 1 N–H and O–H groups in total. The predicted molar refractivity (Wildman–Crippen MR) is 66.0 cm³/mol. The van der Waals surface area contributed by atoms with Crippen LogP contribution in [0.1, 0.15) is 28.7 Å². The van der Waals surface area contributed by atoms with E-state index in [2.05, 4.69) is 15.3 Å². The number of pyridine rings is 1. The Balaban J connectivity index is 2.57. The molecule has 0 saturated carbocycles. The monoisotopic (exact) mass is 316 g/mol. The minimum Gasteiger partial charge on any atom is -0.461 e. The highest BCUT2D eigenvalue weighted by Gasteiger charge is 2.33. The molecule has 0 aliphatic heterocycles. The van der Waals surface area contributed by atoms with E-state index < -0.39 is 24.3 Å². The van der Waals surface area contributed by atoms with Crippen LogP contribution < -0.4 is 0 Å². The topological polar surface area (TPSA) is 90.1 Å². The largest absolute Gasteiger partial charge is 0.461 e. The zero-order valence-electron chi connectivity index (χ0n) is 11.3. The molecule has 0 aromatic carbocycles. The molecule has 0 aliphatic rings. The van der Waals surface area contributed by atoms with Gasteiger partial charge in [0.2, 0.25) is 0 Å². The molecule has 10 heteroatoms. The maximum Gasteiger partial charge on any atom is 0.417 e. The summed E-state index contributed by atoms with van der Waals surface area (Å²) in [6.45, 7) is 1.16. The first kappa shape index (κ1) is 15.9. The molecule has 7 nitrogen and oxygen atoms in total. The summed E-state index contributed by atoms with van der Waals surface area (Å²) in [5.74, 6) is -0.882. The van der Waals surface area contributed by atoms with E-state index >= 15 is 0 Å². The summed E-state index contributed by atoms with van der Waals surface area (Å²) in [7, 11) is 0. The number of hydrogen-bond donors (Lipinski definition) is 1. The fraction of sp³-hybridized carbons (Fsp3) is 0.333. The summed E-state index contributed by atoms with van der Waals surface area (Å²) in [5, 5.41) is 16.1. The Morgan fingerprint density at radius 2 is 2.18 bits per heavy atom. The number of rotatable bonds is 4. The van der Waals surface area contributed by atoms with Gasteiger partial charge in [-0.3, -0.25) is 0 Å². The van der Waals surface area contributed by atoms with Crippen LogP contribution in [0.3, 0.4) is 0 Å². The predicted octanol–water partition coefficient (Wildman–Crippen LogP) is 1.35. The summed E-state index contributed by atoms with van der Waals surface area (Å²) in [5.41, 5.74) is -1.48. The molecule has 118 valence electrons. The third kappa shape index (κ3) is 3.22. The summed E-state index contributed by atoms with van der Waals surface area (Å²) in [6, 6.07) is 0.717. The molecular formula is C12H11F3N4O3. The summed E-state index contributed by atoms with van der Waals surface area (Å²) in [6.07, 6.45) is -2.89. The van der Waals surface area contributed by atoms with Gasteiger partial charge in [0.25, 0.3) is 0 Å². The van der Waals surface area contributed by atoms with Gasteiger partial charge < -0.3 is 9.84 Å². The average molecular weight is 316 g/mol. The Bertz CT molecular complexity index is 684. The highest BCUT2D eigenvalue weighted by atomic mass is 19.4. The van der Waals surface area contributed by atoms with Gasteiger partial charge in [-0.05, 0) is 13.0 Å². The number of hydrogen-bond acceptors (Lipinski definition) is 6. The lowest BCUT2D eigenvalue weighted by Crippen LogP contribution is -2.15. The Morgan fingerprint density at radius 1 is 1.45 bits per heavy atom. The molecule has 0 fully saturated rings. The van der Waals surface area contributed by atoms with Crippen molar-refractivity contribution in [3.8, 4) is 5.69 Å². The number of aromatic nitrogens is 4. The molecule has 0 radical (unpaired) electrons. The standard InChI is InChI=1S/C12H11F3N4O3/c1-2-22-11(21)10-9(19-5-8(6-20)17-18-19)3-7(4-16-10)12(13,14)15/h3-5,20H,2,6H2,1H3. The number of aliphatic hydroxyl groups excluding tert-OH is 1. The molecule has 2 aromatic rings. The second-order valence-electron chi connectivity index (χ2n) is 4.12. The van der Waals surface area contributed by atoms with Crippen molar-refractivity contribution in [2.75, 3.05) is 6.61 Å². The summed E-state index contributed by atoms with van der Waals surface area (Å²) in [4.78, 5) is 15.3. The van der Waals surface area contributed by atoms with E-state index in [4.69, 9.17) is 9.84 Å². The minimum atomic E-state index is -4.63. The normalized spacial score (nSPS) is 11.5. The van der Waals surface area contributed by atoms with E-state index in [1.54, 1.807) is 6.92 Å². The van der Waals surface area contributed by atoms with Crippen LogP contribution in [0.25, 0.3) is 5.69 Å². The van der Waals surface area contributed by atoms with Crippen molar-refractivity contribution in [3.05, 3.63) is 35.4 Å². The van der Waals surface area contributed by atoms with Crippen molar-refractivity contribution in [2.24, 2.45) is 0 Å². The molecule has 0 unspecified atom stereocenters. The third-order valence-corrected chi connectivity index (χ3v) is 2.61. The molecule has 0 saturated heterocycles. The molecule has 0 aliphatic carbocycles. The molecule has 2 rings (SSSR count). The molecule has 0 spiro atoms. The lowest BCUT2D eigenvalue weighted by atomic mass is 10.2. The van der Waals surface area contributed by atoms with Gasteiger partial charge in [-0.15, -0.1) is 5.10 Å². The van der Waals surface area contributed by atoms with E-state index in [1.165, 1.54) is 6.20 Å². The number of carbonyl (C=O) groups excluding carboxylic acids is 1. The van der Waals surface area contributed by atoms with E-state index in [9.17, 15) is 18.0 Å². The van der Waals surface area contributed by atoms with Crippen molar-refractivity contribution < 1.29 is 27.8 Å². The zero-order valence-corrected chi connectivity index (χ0v) is 11.3. The van der Waals surface area contributed by atoms with Crippen molar-refractivity contribution in [1.82, 2.24) is 20.0 Å². The van der Waals surface area contributed by atoms with Crippen LogP contribution in [0.4, 0.5) is 13.2 Å². The zero-order chi connectivity index (χ0) is 16.3.